The van der Waals surface area contributed by atoms with E-state index in [-0.39, 0.29) is 22.8 Å². The van der Waals surface area contributed by atoms with E-state index in [1.165, 1.54) is 56.5 Å². The van der Waals surface area contributed by atoms with Gasteiger partial charge in [0, 0.05) is 19.9 Å². The molecule has 10 heteroatoms. The van der Waals surface area contributed by atoms with E-state index < -0.39 is 36.5 Å². The van der Waals surface area contributed by atoms with Crippen molar-refractivity contribution in [2.24, 2.45) is 0 Å². The van der Waals surface area contributed by atoms with Crippen LogP contribution in [0.2, 0.25) is 0 Å². The molecule has 0 atom stereocenters. The number of hydrogen-bond acceptors (Lipinski definition) is 10. The Morgan fingerprint density at radius 1 is 0.848 bits per heavy atom. The van der Waals surface area contributed by atoms with Crippen LogP contribution >= 0.6 is 0 Å². The Bertz CT molecular complexity index is 1100. The zero-order chi connectivity index (χ0) is 24.4. The van der Waals surface area contributed by atoms with E-state index in [2.05, 4.69) is 4.74 Å². The van der Waals surface area contributed by atoms with E-state index in [0.29, 0.717) is 5.56 Å². The molecule has 0 N–H and O–H groups in total. The second-order valence-electron chi connectivity index (χ2n) is 6.30. The average Bonchev–Trinajstić information content (AvgIpc) is 2.76. The summed E-state index contributed by atoms with van der Waals surface area (Å²) < 4.78 is 24.4. The van der Waals surface area contributed by atoms with Gasteiger partial charge in [-0.2, -0.15) is 0 Å². The summed E-state index contributed by atoms with van der Waals surface area (Å²) in [6.45, 7) is 1.59. The predicted octanol–water partition coefficient (Wildman–Crippen LogP) is 2.49. The summed E-state index contributed by atoms with van der Waals surface area (Å²) >= 11 is 0. The molecule has 172 valence electrons. The van der Waals surface area contributed by atoms with Crippen LogP contribution in [-0.2, 0) is 28.7 Å². The highest BCUT2D eigenvalue weighted by Gasteiger charge is 2.19. The molecular weight excluding hydrogens is 436 g/mol. The summed E-state index contributed by atoms with van der Waals surface area (Å²) in [7, 11) is 1.39. The summed E-state index contributed by atoms with van der Waals surface area (Å²) in [4.78, 5) is 58.0. The topological polar surface area (TPSA) is 132 Å². The van der Waals surface area contributed by atoms with Gasteiger partial charge in [-0.25, -0.2) is 14.4 Å². The van der Waals surface area contributed by atoms with Crippen molar-refractivity contribution in [2.45, 2.75) is 13.8 Å². The van der Waals surface area contributed by atoms with Gasteiger partial charge < -0.3 is 23.7 Å². The Hall–Kier alpha value is -4.47. The molecule has 0 bridgehead atoms. The van der Waals surface area contributed by atoms with Crippen molar-refractivity contribution < 1.29 is 47.7 Å². The standard InChI is InChI=1S/C23H20O10/c1-14(24)31-18-7-5-4-6-17(18)23(28)33-22(27)13-30-21(26)11-9-16-8-10-19(32-15(2)25)20(12-16)29-3/h4-12H,13H2,1-3H3. The molecule has 0 aliphatic carbocycles. The van der Waals surface area contributed by atoms with Crippen molar-refractivity contribution in [1.29, 1.82) is 0 Å². The van der Waals surface area contributed by atoms with Crippen LogP contribution in [0.25, 0.3) is 6.08 Å². The Kier molecular flexibility index (Phi) is 8.86. The minimum atomic E-state index is -1.12. The van der Waals surface area contributed by atoms with Crippen LogP contribution < -0.4 is 14.2 Å². The quantitative estimate of drug-likeness (QED) is 0.253. The Labute approximate surface area is 188 Å². The van der Waals surface area contributed by atoms with Crippen molar-refractivity contribution in [3.63, 3.8) is 0 Å². The van der Waals surface area contributed by atoms with Gasteiger partial charge in [-0.15, -0.1) is 0 Å². The predicted molar refractivity (Wildman–Crippen MR) is 112 cm³/mol. The monoisotopic (exact) mass is 456 g/mol. The molecular formula is C23H20O10. The molecule has 0 radical (unpaired) electrons. The molecule has 0 unspecified atom stereocenters. The minimum Gasteiger partial charge on any atom is -0.493 e. The Balaban J connectivity index is 1.91. The molecule has 0 fully saturated rings. The fourth-order valence-corrected chi connectivity index (χ4v) is 2.44. The summed E-state index contributed by atoms with van der Waals surface area (Å²) in [5.74, 6) is -3.80. The zero-order valence-corrected chi connectivity index (χ0v) is 18.0. The highest BCUT2D eigenvalue weighted by molar-refractivity contribution is 6.00. The number of rotatable bonds is 8. The van der Waals surface area contributed by atoms with Crippen molar-refractivity contribution in [3.05, 3.63) is 59.7 Å². The first-order valence-electron chi connectivity index (χ1n) is 9.43. The highest BCUT2D eigenvalue weighted by atomic mass is 16.6. The van der Waals surface area contributed by atoms with Crippen molar-refractivity contribution >= 4 is 35.9 Å². The number of hydrogen-bond donors (Lipinski definition) is 0. The van der Waals surface area contributed by atoms with E-state index in [1.54, 1.807) is 6.07 Å². The van der Waals surface area contributed by atoms with Crippen LogP contribution in [0.3, 0.4) is 0 Å². The van der Waals surface area contributed by atoms with Crippen LogP contribution in [0.15, 0.2) is 48.5 Å². The van der Waals surface area contributed by atoms with E-state index >= 15 is 0 Å². The molecule has 2 aromatic rings. The number of para-hydroxylation sites is 1. The van der Waals surface area contributed by atoms with Gasteiger partial charge in [-0.05, 0) is 35.9 Å². The van der Waals surface area contributed by atoms with Crippen LogP contribution in [0, 0.1) is 0 Å². The van der Waals surface area contributed by atoms with E-state index in [1.807, 2.05) is 0 Å². The molecule has 0 saturated heterocycles. The van der Waals surface area contributed by atoms with Gasteiger partial charge in [-0.3, -0.25) is 9.59 Å². The van der Waals surface area contributed by atoms with Crippen molar-refractivity contribution in [1.82, 2.24) is 0 Å². The smallest absolute Gasteiger partial charge is 0.352 e. The maximum atomic E-state index is 12.1. The summed E-state index contributed by atoms with van der Waals surface area (Å²) in [6, 6.07) is 10.3. The molecule has 0 saturated carbocycles. The third kappa shape index (κ3) is 7.94. The number of benzene rings is 2. The lowest BCUT2D eigenvalue weighted by Gasteiger charge is -2.08. The molecule has 0 aliphatic heterocycles. The molecule has 0 amide bonds. The third-order valence-electron chi connectivity index (χ3n) is 3.75. The third-order valence-corrected chi connectivity index (χ3v) is 3.75. The first-order valence-corrected chi connectivity index (χ1v) is 9.43. The first-order chi connectivity index (χ1) is 15.7. The van der Waals surface area contributed by atoms with E-state index in [9.17, 15) is 24.0 Å². The second-order valence-corrected chi connectivity index (χ2v) is 6.30. The largest absolute Gasteiger partial charge is 0.493 e. The fourth-order valence-electron chi connectivity index (χ4n) is 2.44. The lowest BCUT2D eigenvalue weighted by Crippen LogP contribution is -2.20. The SMILES string of the molecule is COc1cc(C=CC(=O)OCC(=O)OC(=O)c2ccccc2OC(C)=O)ccc1OC(C)=O. The van der Waals surface area contributed by atoms with Gasteiger partial charge in [0.15, 0.2) is 18.1 Å². The maximum absolute atomic E-state index is 12.1. The molecule has 0 aliphatic rings. The van der Waals surface area contributed by atoms with Crippen LogP contribution in [0.5, 0.6) is 17.2 Å². The lowest BCUT2D eigenvalue weighted by molar-refractivity contribution is -0.152. The van der Waals surface area contributed by atoms with Crippen molar-refractivity contribution in [3.8, 4) is 17.2 Å². The van der Waals surface area contributed by atoms with Crippen LogP contribution in [0.1, 0.15) is 29.8 Å². The first kappa shape index (κ1) is 24.8. The number of esters is 5. The Morgan fingerprint density at radius 3 is 2.18 bits per heavy atom. The summed E-state index contributed by atoms with van der Waals surface area (Å²) in [6.07, 6.45) is 2.43. The molecule has 33 heavy (non-hydrogen) atoms. The number of carbonyl (C=O) groups excluding carboxylic acids is 5. The molecule has 2 aromatic carbocycles. The Morgan fingerprint density at radius 2 is 1.52 bits per heavy atom. The number of methoxy groups -OCH3 is 1. The van der Waals surface area contributed by atoms with Gasteiger partial charge in [0.2, 0.25) is 0 Å². The minimum absolute atomic E-state index is 0.0714. The van der Waals surface area contributed by atoms with Gasteiger partial charge in [0.25, 0.3) is 0 Å². The van der Waals surface area contributed by atoms with Gasteiger partial charge in [0.1, 0.15) is 11.3 Å². The average molecular weight is 456 g/mol. The summed E-state index contributed by atoms with van der Waals surface area (Å²) in [5.41, 5.74) is 0.387. The van der Waals surface area contributed by atoms with E-state index in [0.717, 1.165) is 13.0 Å². The summed E-state index contributed by atoms with van der Waals surface area (Å²) in [5, 5.41) is 0. The van der Waals surface area contributed by atoms with Crippen LogP contribution in [0.4, 0.5) is 0 Å². The molecule has 10 nitrogen and oxygen atoms in total. The second kappa shape index (κ2) is 11.8. The highest BCUT2D eigenvalue weighted by Crippen LogP contribution is 2.28. The lowest BCUT2D eigenvalue weighted by atomic mass is 10.2. The number of carbonyl (C=O) groups is 5. The van der Waals surface area contributed by atoms with Gasteiger partial charge >= 0.3 is 29.8 Å². The van der Waals surface area contributed by atoms with Crippen molar-refractivity contribution in [2.75, 3.05) is 13.7 Å². The normalized spacial score (nSPS) is 10.3. The molecule has 2 rings (SSSR count). The zero-order valence-electron chi connectivity index (χ0n) is 18.0. The van der Waals surface area contributed by atoms with Crippen LogP contribution in [-0.4, -0.2) is 43.6 Å². The van der Waals surface area contributed by atoms with Gasteiger partial charge in [-0.1, -0.05) is 18.2 Å². The maximum Gasteiger partial charge on any atom is 0.352 e. The fraction of sp³-hybridized carbons (Fsp3) is 0.174. The molecule has 0 spiro atoms. The molecule has 0 aromatic heterocycles. The van der Waals surface area contributed by atoms with E-state index in [4.69, 9.17) is 18.9 Å². The molecule has 0 heterocycles. The number of ether oxygens (including phenoxy) is 5. The van der Waals surface area contributed by atoms with Gasteiger partial charge in [0.05, 0.1) is 7.11 Å².